The zero-order valence-electron chi connectivity index (χ0n) is 22.1. The Kier molecular flexibility index (Phi) is 7.09. The lowest BCUT2D eigenvalue weighted by atomic mass is 9.76. The van der Waals surface area contributed by atoms with E-state index in [1.807, 2.05) is 4.58 Å². The molecule has 2 aliphatic carbocycles. The van der Waals surface area contributed by atoms with Crippen molar-refractivity contribution in [1.82, 2.24) is 0 Å². The number of aliphatic hydroxyl groups excluding tert-OH is 1. The first-order valence-electron chi connectivity index (χ1n) is 13.4. The van der Waals surface area contributed by atoms with E-state index >= 15 is 0 Å². The third kappa shape index (κ3) is 4.47. The fourth-order valence-electron chi connectivity index (χ4n) is 6.04. The number of phenolic OH excluding ortho intramolecular Hbond substituents is 2. The number of methoxy groups -OCH3 is 1. The van der Waals surface area contributed by atoms with Gasteiger partial charge in [-0.05, 0) is 12.5 Å². The Morgan fingerprint density at radius 2 is 1.82 bits per heavy atom. The van der Waals surface area contributed by atoms with E-state index in [1.165, 1.54) is 13.2 Å². The zero-order chi connectivity index (χ0) is 28.1. The van der Waals surface area contributed by atoms with Crippen LogP contribution in [0.4, 0.5) is 0 Å². The van der Waals surface area contributed by atoms with Crippen molar-refractivity contribution in [3.05, 3.63) is 51.6 Å². The van der Waals surface area contributed by atoms with Crippen molar-refractivity contribution >= 4 is 18.3 Å². The Morgan fingerprint density at radius 1 is 1.02 bits per heavy atom. The Balaban J connectivity index is 1.27. The van der Waals surface area contributed by atoms with E-state index in [9.17, 15) is 24.9 Å². The van der Waals surface area contributed by atoms with E-state index in [1.54, 1.807) is 12.1 Å². The molecule has 0 spiro atoms. The van der Waals surface area contributed by atoms with E-state index in [2.05, 4.69) is 6.72 Å². The van der Waals surface area contributed by atoms with Gasteiger partial charge in [-0.3, -0.25) is 9.59 Å². The average Bonchev–Trinajstić information content (AvgIpc) is 2.95. The van der Waals surface area contributed by atoms with Crippen LogP contribution in [-0.4, -0.2) is 96.4 Å². The van der Waals surface area contributed by atoms with Crippen LogP contribution in [0.2, 0.25) is 0 Å². The lowest BCUT2D eigenvalue weighted by Crippen LogP contribution is -2.44. The molecule has 6 rings (SSSR count). The number of aromatic hydroxyl groups is 2. The molecule has 0 radical (unpaired) electrons. The molecule has 4 aliphatic rings. The van der Waals surface area contributed by atoms with Crippen molar-refractivity contribution in [1.29, 1.82) is 0 Å². The molecule has 0 aromatic heterocycles. The van der Waals surface area contributed by atoms with Crippen LogP contribution in [0, 0.1) is 0 Å². The van der Waals surface area contributed by atoms with E-state index in [4.69, 9.17) is 23.7 Å². The fourth-order valence-corrected chi connectivity index (χ4v) is 6.04. The molecule has 212 valence electrons. The molecule has 2 saturated heterocycles. The van der Waals surface area contributed by atoms with Crippen LogP contribution in [0.3, 0.4) is 0 Å². The molecular formula is C29H32NO10+. The Morgan fingerprint density at radius 3 is 2.55 bits per heavy atom. The first kappa shape index (κ1) is 26.9. The molecule has 40 heavy (non-hydrogen) atoms. The number of aliphatic hydroxyl groups is 1. The second kappa shape index (κ2) is 10.6. The number of nitrogens with zero attached hydrogens (tertiary/aromatic N) is 1. The van der Waals surface area contributed by atoms with Gasteiger partial charge in [-0.1, -0.05) is 12.1 Å². The van der Waals surface area contributed by atoms with E-state index in [0.29, 0.717) is 32.6 Å². The van der Waals surface area contributed by atoms with E-state index in [0.717, 1.165) is 0 Å². The van der Waals surface area contributed by atoms with Crippen molar-refractivity contribution < 1.29 is 53.2 Å². The molecule has 3 N–H and O–H groups in total. The number of carbonyl (C=O) groups excluding carboxylic acids is 2. The molecule has 0 bridgehead atoms. The zero-order valence-corrected chi connectivity index (χ0v) is 22.1. The van der Waals surface area contributed by atoms with Gasteiger partial charge in [-0.2, -0.15) is 0 Å². The third-order valence-corrected chi connectivity index (χ3v) is 8.06. The highest BCUT2D eigenvalue weighted by atomic mass is 16.7. The standard InChI is InChI=1S/C29H31NO10/c1-30-8-9-37-13-20(30)39-15-6-7-21(38-12-15)40-19-11-14(31)10-17-23(19)29(35)25-24(27(17)33)26(32)16-4-3-5-18(36-2)22(16)28(25)34/h3-5,14-15,19-21,31H,1,6-13H2,2H3,(H-,32,33,34,35)/p+1/t14-,15-,19?,20+,21-/m0/s1. The summed E-state index contributed by atoms with van der Waals surface area (Å²) >= 11 is 0. The van der Waals surface area contributed by atoms with Gasteiger partial charge >= 0.3 is 0 Å². The molecule has 0 saturated carbocycles. The average molecular weight is 555 g/mol. The monoisotopic (exact) mass is 554 g/mol. The van der Waals surface area contributed by atoms with Crippen LogP contribution >= 0.6 is 0 Å². The Labute approximate surface area is 230 Å². The highest BCUT2D eigenvalue weighted by molar-refractivity contribution is 6.31. The molecule has 2 aliphatic heterocycles. The number of phenols is 2. The number of morpholine rings is 1. The summed E-state index contributed by atoms with van der Waals surface area (Å²) in [6.07, 6.45) is -1.68. The molecule has 2 aromatic rings. The van der Waals surface area contributed by atoms with Crippen LogP contribution in [0.1, 0.15) is 68.3 Å². The Hall–Kier alpha value is -3.35. The van der Waals surface area contributed by atoms with Gasteiger partial charge in [0, 0.05) is 36.0 Å². The largest absolute Gasteiger partial charge is 0.507 e. The normalized spacial score (nSPS) is 28.1. The van der Waals surface area contributed by atoms with Crippen LogP contribution < -0.4 is 4.74 Å². The summed E-state index contributed by atoms with van der Waals surface area (Å²) in [6, 6.07) is 4.61. The van der Waals surface area contributed by atoms with Crippen molar-refractivity contribution in [3.8, 4) is 17.2 Å². The van der Waals surface area contributed by atoms with E-state index in [-0.39, 0.29) is 70.9 Å². The minimum absolute atomic E-state index is 0.0131. The maximum absolute atomic E-state index is 13.6. The minimum atomic E-state index is -0.906. The second-order valence-electron chi connectivity index (χ2n) is 10.5. The van der Waals surface area contributed by atoms with Gasteiger partial charge in [0.2, 0.25) is 5.78 Å². The molecule has 2 heterocycles. The van der Waals surface area contributed by atoms with Crippen molar-refractivity contribution in [3.63, 3.8) is 0 Å². The first-order valence-corrected chi connectivity index (χ1v) is 13.4. The highest BCUT2D eigenvalue weighted by Crippen LogP contribution is 2.50. The lowest BCUT2D eigenvalue weighted by Gasteiger charge is -2.37. The summed E-state index contributed by atoms with van der Waals surface area (Å²) in [6.45, 7) is 5.98. The van der Waals surface area contributed by atoms with Gasteiger partial charge < -0.3 is 39.0 Å². The van der Waals surface area contributed by atoms with Crippen LogP contribution in [-0.2, 0) is 25.4 Å². The summed E-state index contributed by atoms with van der Waals surface area (Å²) in [5.41, 5.74) is -0.128. The summed E-state index contributed by atoms with van der Waals surface area (Å²) in [5, 5.41) is 33.3. The topological polar surface area (TPSA) is 144 Å². The molecular weight excluding hydrogens is 522 g/mol. The SMILES string of the molecule is C=[N+]1CCOC[C@H]1O[C@H]1CC[C@H](OC2C[C@@H](O)Cc3c(O)c4c(c(O)c32)C(=O)c2c(OC)cccc2C4=O)OC1. The molecule has 11 heteroatoms. The van der Waals surface area contributed by atoms with Crippen molar-refractivity contribution in [2.45, 2.75) is 56.5 Å². The number of hydrogen-bond donors (Lipinski definition) is 3. The number of fused-ring (bicyclic) bond motifs is 3. The van der Waals surface area contributed by atoms with Crippen LogP contribution in [0.25, 0.3) is 0 Å². The fraction of sp³-hybridized carbons (Fsp3) is 0.483. The highest BCUT2D eigenvalue weighted by Gasteiger charge is 2.43. The summed E-state index contributed by atoms with van der Waals surface area (Å²) in [4.78, 5) is 27.1. The number of rotatable bonds is 5. The molecule has 1 unspecified atom stereocenters. The van der Waals surface area contributed by atoms with Crippen LogP contribution in [0.5, 0.6) is 17.2 Å². The van der Waals surface area contributed by atoms with Crippen molar-refractivity contribution in [2.24, 2.45) is 0 Å². The minimum Gasteiger partial charge on any atom is -0.507 e. The smallest absolute Gasteiger partial charge is 0.281 e. The molecule has 2 fully saturated rings. The molecule has 11 nitrogen and oxygen atoms in total. The number of carbonyl (C=O) groups is 2. The summed E-state index contributed by atoms with van der Waals surface area (Å²) in [7, 11) is 1.39. The number of hydrogen-bond acceptors (Lipinski definition) is 10. The first-order chi connectivity index (χ1) is 19.3. The summed E-state index contributed by atoms with van der Waals surface area (Å²) in [5.74, 6) is -1.94. The Bertz CT molecular complexity index is 1380. The van der Waals surface area contributed by atoms with Gasteiger partial charge in [0.15, 0.2) is 18.6 Å². The predicted octanol–water partition coefficient (Wildman–Crippen LogP) is 1.84. The predicted molar refractivity (Wildman–Crippen MR) is 138 cm³/mol. The maximum Gasteiger partial charge on any atom is 0.281 e. The van der Waals surface area contributed by atoms with Gasteiger partial charge in [0.05, 0.1) is 48.7 Å². The molecule has 0 amide bonds. The maximum atomic E-state index is 13.6. The van der Waals surface area contributed by atoms with Crippen molar-refractivity contribution in [2.75, 3.05) is 33.5 Å². The lowest BCUT2D eigenvalue weighted by molar-refractivity contribution is -0.630. The third-order valence-electron chi connectivity index (χ3n) is 8.06. The quantitative estimate of drug-likeness (QED) is 0.316. The number of ether oxygens (including phenoxy) is 5. The van der Waals surface area contributed by atoms with Gasteiger partial charge in [-0.15, -0.1) is 0 Å². The van der Waals surface area contributed by atoms with Gasteiger partial charge in [-0.25, -0.2) is 4.58 Å². The second-order valence-corrected chi connectivity index (χ2v) is 10.5. The van der Waals surface area contributed by atoms with Gasteiger partial charge in [0.25, 0.3) is 6.23 Å². The summed E-state index contributed by atoms with van der Waals surface area (Å²) < 4.78 is 30.9. The number of benzene rings is 2. The molecule has 5 atom stereocenters. The van der Waals surface area contributed by atoms with Crippen LogP contribution in [0.15, 0.2) is 18.2 Å². The molecule has 2 aromatic carbocycles. The van der Waals surface area contributed by atoms with E-state index < -0.39 is 41.6 Å². The van der Waals surface area contributed by atoms with Gasteiger partial charge in [0.1, 0.15) is 37.2 Å². The number of ketones is 2.